The summed E-state index contributed by atoms with van der Waals surface area (Å²) < 4.78 is 5.99. The average molecular weight is 483 g/mol. The first-order valence-electron chi connectivity index (χ1n) is 9.54. The van der Waals surface area contributed by atoms with Gasteiger partial charge in [0.05, 0.1) is 19.7 Å². The van der Waals surface area contributed by atoms with Crippen molar-refractivity contribution in [2.45, 2.75) is 6.04 Å². The van der Waals surface area contributed by atoms with E-state index in [1.54, 1.807) is 31.4 Å². The summed E-state index contributed by atoms with van der Waals surface area (Å²) in [5.41, 5.74) is 4.98. The van der Waals surface area contributed by atoms with Gasteiger partial charge in [0.25, 0.3) is 5.91 Å². The van der Waals surface area contributed by atoms with Gasteiger partial charge < -0.3 is 10.1 Å². The van der Waals surface area contributed by atoms with Crippen molar-refractivity contribution < 1.29 is 14.3 Å². The number of hydrogen-bond donors (Lipinski definition) is 4. The summed E-state index contributed by atoms with van der Waals surface area (Å²) in [6.45, 7) is 0.00837. The topological polar surface area (TPSA) is 105 Å². The van der Waals surface area contributed by atoms with Crippen LogP contribution in [-0.4, -0.2) is 25.5 Å². The maximum atomic E-state index is 12.9. The van der Waals surface area contributed by atoms with Gasteiger partial charge in [-0.25, -0.2) is 5.84 Å². The summed E-state index contributed by atoms with van der Waals surface area (Å²) in [4.78, 5) is 24.6. The zero-order valence-electron chi connectivity index (χ0n) is 16.9. The van der Waals surface area contributed by atoms with Crippen molar-refractivity contribution in [3.63, 3.8) is 0 Å². The van der Waals surface area contributed by atoms with Crippen molar-refractivity contribution in [2.75, 3.05) is 19.0 Å². The summed E-state index contributed by atoms with van der Waals surface area (Å²) in [5.74, 6) is 5.30. The average Bonchev–Trinajstić information content (AvgIpc) is 2.81. The molecule has 0 aromatic heterocycles. The first kappa shape index (κ1) is 22.5. The third kappa shape index (κ3) is 5.91. The molecule has 0 aliphatic rings. The lowest BCUT2D eigenvalue weighted by molar-refractivity contribution is -0.120. The highest BCUT2D eigenvalue weighted by molar-refractivity contribution is 9.10. The smallest absolute Gasteiger partial charge is 0.255 e. The largest absolute Gasteiger partial charge is 0.497 e. The Balaban J connectivity index is 1.94. The summed E-state index contributed by atoms with van der Waals surface area (Å²) >= 11 is 3.50. The zero-order valence-corrected chi connectivity index (χ0v) is 18.5. The molecule has 0 aliphatic carbocycles. The number of nitrogens with two attached hydrogens (primary N) is 1. The molecule has 2 amide bonds. The Morgan fingerprint density at radius 3 is 2.39 bits per heavy atom. The molecule has 5 N–H and O–H groups in total. The third-order valence-electron chi connectivity index (χ3n) is 4.69. The van der Waals surface area contributed by atoms with E-state index < -0.39 is 0 Å². The van der Waals surface area contributed by atoms with E-state index in [-0.39, 0.29) is 24.4 Å². The minimum atomic E-state index is -0.359. The first-order valence-corrected chi connectivity index (χ1v) is 10.3. The van der Waals surface area contributed by atoms with E-state index in [2.05, 4.69) is 32.0 Å². The van der Waals surface area contributed by atoms with Gasteiger partial charge in [0.15, 0.2) is 0 Å². The maximum Gasteiger partial charge on any atom is 0.255 e. The van der Waals surface area contributed by atoms with Crippen molar-refractivity contribution in [2.24, 2.45) is 5.84 Å². The SMILES string of the molecule is COc1ccc(C(=O)Nc2ccc(Br)cc2[C@@H](NCC(=O)NN)c2ccccc2)cc1. The molecule has 8 heteroatoms. The van der Waals surface area contributed by atoms with E-state index in [9.17, 15) is 9.59 Å². The lowest BCUT2D eigenvalue weighted by Gasteiger charge is -2.23. The molecule has 0 saturated heterocycles. The number of methoxy groups -OCH3 is 1. The van der Waals surface area contributed by atoms with E-state index >= 15 is 0 Å². The molecule has 0 aliphatic heterocycles. The highest BCUT2D eigenvalue weighted by Gasteiger charge is 2.20. The molecule has 160 valence electrons. The van der Waals surface area contributed by atoms with Gasteiger partial charge in [-0.05, 0) is 53.6 Å². The van der Waals surface area contributed by atoms with Crippen LogP contribution < -0.4 is 26.6 Å². The van der Waals surface area contributed by atoms with Crippen LogP contribution in [0.1, 0.15) is 27.5 Å². The van der Waals surface area contributed by atoms with Crippen LogP contribution in [-0.2, 0) is 4.79 Å². The number of nitrogens with one attached hydrogen (secondary N) is 3. The minimum absolute atomic E-state index is 0.00837. The predicted octanol–water partition coefficient (Wildman–Crippen LogP) is 3.38. The van der Waals surface area contributed by atoms with Gasteiger partial charge in [-0.1, -0.05) is 46.3 Å². The van der Waals surface area contributed by atoms with Crippen molar-refractivity contribution in [3.05, 3.63) is 94.0 Å². The zero-order chi connectivity index (χ0) is 22.2. The monoisotopic (exact) mass is 482 g/mol. The molecule has 1 atom stereocenters. The molecule has 3 aromatic carbocycles. The number of anilines is 1. The Morgan fingerprint density at radius 1 is 1.03 bits per heavy atom. The van der Waals surface area contributed by atoms with Crippen LogP contribution in [0.4, 0.5) is 5.69 Å². The van der Waals surface area contributed by atoms with Crippen LogP contribution in [0.2, 0.25) is 0 Å². The fraction of sp³-hybridized carbons (Fsp3) is 0.130. The number of hydrazine groups is 1. The van der Waals surface area contributed by atoms with Crippen molar-refractivity contribution >= 4 is 33.4 Å². The summed E-state index contributed by atoms with van der Waals surface area (Å²) in [5, 5.41) is 6.20. The third-order valence-corrected chi connectivity index (χ3v) is 5.18. The highest BCUT2D eigenvalue weighted by Crippen LogP contribution is 2.31. The van der Waals surface area contributed by atoms with Crippen molar-refractivity contribution in [3.8, 4) is 5.75 Å². The van der Waals surface area contributed by atoms with E-state index in [0.717, 1.165) is 15.6 Å². The highest BCUT2D eigenvalue weighted by atomic mass is 79.9. The van der Waals surface area contributed by atoms with Gasteiger partial charge >= 0.3 is 0 Å². The fourth-order valence-electron chi connectivity index (χ4n) is 3.12. The van der Waals surface area contributed by atoms with Gasteiger partial charge in [-0.15, -0.1) is 0 Å². The molecule has 0 bridgehead atoms. The number of carbonyl (C=O) groups excluding carboxylic acids is 2. The van der Waals surface area contributed by atoms with Crippen molar-refractivity contribution in [1.29, 1.82) is 0 Å². The quantitative estimate of drug-likeness (QED) is 0.223. The number of halogens is 1. The number of ether oxygens (including phenoxy) is 1. The Morgan fingerprint density at radius 2 is 1.74 bits per heavy atom. The molecular formula is C23H23BrN4O3. The molecule has 0 radical (unpaired) electrons. The second kappa shape index (κ2) is 10.7. The van der Waals surface area contributed by atoms with Crippen LogP contribution in [0.3, 0.4) is 0 Å². The number of amides is 2. The number of rotatable bonds is 8. The summed E-state index contributed by atoms with van der Waals surface area (Å²) in [6.07, 6.45) is 0. The van der Waals surface area contributed by atoms with E-state index in [4.69, 9.17) is 10.6 Å². The molecule has 3 aromatic rings. The lowest BCUT2D eigenvalue weighted by Crippen LogP contribution is -2.39. The molecular weight excluding hydrogens is 460 g/mol. The number of carbonyl (C=O) groups is 2. The lowest BCUT2D eigenvalue weighted by atomic mass is 9.96. The molecule has 0 spiro atoms. The van der Waals surface area contributed by atoms with E-state index in [1.807, 2.05) is 48.5 Å². The van der Waals surface area contributed by atoms with Crippen LogP contribution in [0, 0.1) is 0 Å². The fourth-order valence-corrected chi connectivity index (χ4v) is 3.50. The molecule has 0 heterocycles. The van der Waals surface area contributed by atoms with Gasteiger partial charge in [0.1, 0.15) is 5.75 Å². The Bertz CT molecular complexity index is 1040. The second-order valence-electron chi connectivity index (χ2n) is 6.71. The van der Waals surface area contributed by atoms with Gasteiger partial charge in [0.2, 0.25) is 5.91 Å². The van der Waals surface area contributed by atoms with Gasteiger partial charge in [0, 0.05) is 15.7 Å². The molecule has 0 unspecified atom stereocenters. The van der Waals surface area contributed by atoms with Crippen LogP contribution in [0.15, 0.2) is 77.3 Å². The maximum absolute atomic E-state index is 12.9. The molecule has 7 nitrogen and oxygen atoms in total. The van der Waals surface area contributed by atoms with E-state index in [1.165, 1.54) is 0 Å². The molecule has 3 rings (SSSR count). The first-order chi connectivity index (χ1) is 15.0. The van der Waals surface area contributed by atoms with Crippen LogP contribution in [0.25, 0.3) is 0 Å². The minimum Gasteiger partial charge on any atom is -0.497 e. The van der Waals surface area contributed by atoms with Gasteiger partial charge in [-0.3, -0.25) is 20.3 Å². The Kier molecular flexibility index (Phi) is 7.77. The van der Waals surface area contributed by atoms with Crippen molar-refractivity contribution in [1.82, 2.24) is 10.7 Å². The Labute approximate surface area is 189 Å². The predicted molar refractivity (Wildman–Crippen MR) is 124 cm³/mol. The van der Waals surface area contributed by atoms with Gasteiger partial charge in [-0.2, -0.15) is 0 Å². The standard InChI is InChI=1S/C23H23BrN4O3/c1-31-18-10-7-16(8-11-18)23(30)27-20-12-9-17(24)13-19(20)22(26-14-21(29)28-25)15-5-3-2-4-6-15/h2-13,22,26H,14,25H2,1H3,(H,27,30)(H,28,29)/t22-/m0/s1. The summed E-state index contributed by atoms with van der Waals surface area (Å²) in [6, 6.07) is 21.7. The second-order valence-corrected chi connectivity index (χ2v) is 7.62. The Hall–Kier alpha value is -3.20. The summed E-state index contributed by atoms with van der Waals surface area (Å²) in [7, 11) is 1.57. The van der Waals surface area contributed by atoms with E-state index in [0.29, 0.717) is 17.0 Å². The molecule has 0 saturated carbocycles. The molecule has 31 heavy (non-hydrogen) atoms. The normalized spacial score (nSPS) is 11.5. The number of benzene rings is 3. The van der Waals surface area contributed by atoms with Crippen LogP contribution >= 0.6 is 15.9 Å². The molecule has 0 fully saturated rings. The van der Waals surface area contributed by atoms with Crippen LogP contribution in [0.5, 0.6) is 5.75 Å². The number of hydrogen-bond acceptors (Lipinski definition) is 5.